The minimum atomic E-state index is -0.0212. The van der Waals surface area contributed by atoms with Crippen LogP contribution in [0, 0.1) is 0 Å². The molecule has 1 fully saturated rings. The molecule has 0 spiro atoms. The van der Waals surface area contributed by atoms with Crippen LogP contribution in [0.2, 0.25) is 0 Å². The molecule has 0 saturated carbocycles. The van der Waals surface area contributed by atoms with Crippen molar-refractivity contribution in [3.8, 4) is 10.7 Å². The monoisotopic (exact) mass is 381 g/mol. The van der Waals surface area contributed by atoms with Gasteiger partial charge in [0.15, 0.2) is 0 Å². The quantitative estimate of drug-likeness (QED) is 0.587. The largest absolute Gasteiger partial charge is 0.338 e. The molecule has 0 bridgehead atoms. The number of H-pyrrole nitrogens is 1. The number of hydrogen-bond donors (Lipinski definition) is 1. The van der Waals surface area contributed by atoms with E-state index in [4.69, 9.17) is 4.52 Å². The number of aromatic nitrogens is 4. The molecule has 4 aromatic rings. The van der Waals surface area contributed by atoms with Crippen molar-refractivity contribution in [1.82, 2.24) is 24.6 Å². The maximum Gasteiger partial charge on any atom is 0.326 e. The van der Waals surface area contributed by atoms with Gasteiger partial charge >= 0.3 is 5.69 Å². The summed E-state index contributed by atoms with van der Waals surface area (Å²) in [6, 6.07) is 12.1. The van der Waals surface area contributed by atoms with Crippen molar-refractivity contribution in [2.24, 2.45) is 0 Å². The summed E-state index contributed by atoms with van der Waals surface area (Å²) in [7, 11) is 0. The van der Waals surface area contributed by atoms with E-state index in [1.165, 1.54) is 0 Å². The molecule has 1 saturated heterocycles. The van der Waals surface area contributed by atoms with Gasteiger partial charge in [-0.25, -0.2) is 4.79 Å². The van der Waals surface area contributed by atoms with Crippen LogP contribution in [0.5, 0.6) is 0 Å². The van der Waals surface area contributed by atoms with E-state index in [1.807, 2.05) is 46.3 Å². The second-order valence-electron chi connectivity index (χ2n) is 6.81. The molecule has 1 aromatic carbocycles. The van der Waals surface area contributed by atoms with Gasteiger partial charge in [-0.2, -0.15) is 4.98 Å². The Kier molecular flexibility index (Phi) is 4.14. The van der Waals surface area contributed by atoms with Gasteiger partial charge in [0.1, 0.15) is 0 Å². The number of fused-ring (bicyclic) bond motifs is 1. The summed E-state index contributed by atoms with van der Waals surface area (Å²) >= 11 is 1.60. The van der Waals surface area contributed by atoms with E-state index in [-0.39, 0.29) is 11.7 Å². The topological polar surface area (TPSA) is 80.0 Å². The minimum absolute atomic E-state index is 0.0212. The SMILES string of the molecule is O=c1[nH]c2ccccc2n1C1CCN(Cc2nc(-c3cccs3)no2)CC1. The molecular formula is C19H19N5O2S. The van der Waals surface area contributed by atoms with E-state index in [9.17, 15) is 4.79 Å². The molecule has 0 unspecified atom stereocenters. The van der Waals surface area contributed by atoms with Crippen LogP contribution in [0.1, 0.15) is 24.8 Å². The van der Waals surface area contributed by atoms with E-state index in [2.05, 4.69) is 20.0 Å². The lowest BCUT2D eigenvalue weighted by atomic mass is 10.0. The number of piperidine rings is 1. The highest BCUT2D eigenvalue weighted by molar-refractivity contribution is 7.13. The first-order valence-corrected chi connectivity index (χ1v) is 9.94. The predicted octanol–water partition coefficient (Wildman–Crippen LogP) is 3.28. The second kappa shape index (κ2) is 6.79. The van der Waals surface area contributed by atoms with E-state index in [1.54, 1.807) is 11.3 Å². The summed E-state index contributed by atoms with van der Waals surface area (Å²) in [5.74, 6) is 1.29. The Hall–Kier alpha value is -2.71. The lowest BCUT2D eigenvalue weighted by Gasteiger charge is -2.31. The normalized spacial score (nSPS) is 16.3. The lowest BCUT2D eigenvalue weighted by Crippen LogP contribution is -2.36. The third-order valence-corrected chi connectivity index (χ3v) is 5.98. The number of thiophene rings is 1. The van der Waals surface area contributed by atoms with Gasteiger partial charge in [0.2, 0.25) is 11.7 Å². The third kappa shape index (κ3) is 3.11. The number of para-hydroxylation sites is 2. The molecule has 27 heavy (non-hydrogen) atoms. The zero-order valence-electron chi connectivity index (χ0n) is 14.7. The molecule has 1 aliphatic rings. The maximum atomic E-state index is 12.4. The summed E-state index contributed by atoms with van der Waals surface area (Å²) in [5.41, 5.74) is 1.86. The first kappa shape index (κ1) is 16.5. The first-order valence-electron chi connectivity index (χ1n) is 9.06. The number of aromatic amines is 1. The molecule has 0 atom stereocenters. The van der Waals surface area contributed by atoms with Crippen LogP contribution < -0.4 is 5.69 Å². The molecule has 1 N–H and O–H groups in total. The van der Waals surface area contributed by atoms with Crippen LogP contribution in [0.15, 0.2) is 51.1 Å². The molecule has 7 nitrogen and oxygen atoms in total. The molecule has 0 radical (unpaired) electrons. The summed E-state index contributed by atoms with van der Waals surface area (Å²) in [6.45, 7) is 2.44. The van der Waals surface area contributed by atoms with Gasteiger partial charge in [-0.05, 0) is 36.4 Å². The summed E-state index contributed by atoms with van der Waals surface area (Å²) in [4.78, 5) is 23.2. The molecule has 1 aliphatic heterocycles. The number of benzene rings is 1. The smallest absolute Gasteiger partial charge is 0.326 e. The van der Waals surface area contributed by atoms with Crippen LogP contribution in [0.25, 0.3) is 21.7 Å². The number of rotatable bonds is 4. The summed E-state index contributed by atoms with van der Waals surface area (Å²) in [6.07, 6.45) is 1.85. The fraction of sp³-hybridized carbons (Fsp3) is 0.316. The molecule has 0 amide bonds. The Morgan fingerprint density at radius 3 is 2.85 bits per heavy atom. The number of hydrogen-bond acceptors (Lipinski definition) is 6. The maximum absolute atomic E-state index is 12.4. The van der Waals surface area contributed by atoms with Crippen molar-refractivity contribution >= 4 is 22.4 Å². The van der Waals surface area contributed by atoms with Gasteiger partial charge < -0.3 is 9.51 Å². The Morgan fingerprint density at radius 1 is 1.19 bits per heavy atom. The van der Waals surface area contributed by atoms with Crippen molar-refractivity contribution in [2.75, 3.05) is 13.1 Å². The van der Waals surface area contributed by atoms with Gasteiger partial charge in [-0.3, -0.25) is 9.47 Å². The average molecular weight is 381 g/mol. The fourth-order valence-corrected chi connectivity index (χ4v) is 4.44. The molecule has 5 rings (SSSR count). The lowest BCUT2D eigenvalue weighted by molar-refractivity contribution is 0.161. The average Bonchev–Trinajstić information content (AvgIpc) is 3.41. The van der Waals surface area contributed by atoms with Gasteiger partial charge in [-0.15, -0.1) is 11.3 Å². The number of imidazole rings is 1. The molecule has 138 valence electrons. The van der Waals surface area contributed by atoms with E-state index < -0.39 is 0 Å². The zero-order valence-corrected chi connectivity index (χ0v) is 15.5. The fourth-order valence-electron chi connectivity index (χ4n) is 3.79. The first-order chi connectivity index (χ1) is 13.3. The molecule has 3 aromatic heterocycles. The third-order valence-electron chi connectivity index (χ3n) is 5.11. The zero-order chi connectivity index (χ0) is 18.2. The van der Waals surface area contributed by atoms with Gasteiger partial charge in [0.25, 0.3) is 0 Å². The second-order valence-corrected chi connectivity index (χ2v) is 7.76. The standard InChI is InChI=1S/C19H19N5O2S/c25-19-20-14-4-1-2-5-15(14)24(19)13-7-9-23(10-8-13)12-17-21-18(22-26-17)16-6-3-11-27-16/h1-6,11,13H,7-10,12H2,(H,20,25). The number of nitrogens with zero attached hydrogens (tertiary/aromatic N) is 4. The molecule has 4 heterocycles. The van der Waals surface area contributed by atoms with Crippen molar-refractivity contribution in [2.45, 2.75) is 25.4 Å². The summed E-state index contributed by atoms with van der Waals surface area (Å²) in [5, 5.41) is 6.08. The Bertz CT molecular complexity index is 1100. The van der Waals surface area contributed by atoms with E-state index in [0.29, 0.717) is 18.3 Å². The van der Waals surface area contributed by atoms with E-state index in [0.717, 1.165) is 41.8 Å². The molecule has 0 aliphatic carbocycles. The van der Waals surface area contributed by atoms with Crippen LogP contribution in [-0.2, 0) is 6.54 Å². The minimum Gasteiger partial charge on any atom is -0.338 e. The predicted molar refractivity (Wildman–Crippen MR) is 104 cm³/mol. The van der Waals surface area contributed by atoms with Crippen LogP contribution >= 0.6 is 11.3 Å². The van der Waals surface area contributed by atoms with E-state index >= 15 is 0 Å². The van der Waals surface area contributed by atoms with Gasteiger partial charge in [0, 0.05) is 19.1 Å². The Balaban J connectivity index is 1.26. The highest BCUT2D eigenvalue weighted by Crippen LogP contribution is 2.26. The number of nitrogens with one attached hydrogen (secondary N) is 1. The highest BCUT2D eigenvalue weighted by atomic mass is 32.1. The van der Waals surface area contributed by atoms with Crippen molar-refractivity contribution in [1.29, 1.82) is 0 Å². The van der Waals surface area contributed by atoms with Gasteiger partial charge in [-0.1, -0.05) is 23.4 Å². The Labute approximate surface area is 159 Å². The Morgan fingerprint density at radius 2 is 2.04 bits per heavy atom. The van der Waals surface area contributed by atoms with Crippen molar-refractivity contribution < 1.29 is 4.52 Å². The van der Waals surface area contributed by atoms with Crippen LogP contribution in [0.4, 0.5) is 0 Å². The summed E-state index contributed by atoms with van der Waals surface area (Å²) < 4.78 is 7.32. The van der Waals surface area contributed by atoms with Crippen LogP contribution in [-0.4, -0.2) is 37.7 Å². The number of likely N-dealkylation sites (tertiary alicyclic amines) is 1. The van der Waals surface area contributed by atoms with Crippen LogP contribution in [0.3, 0.4) is 0 Å². The van der Waals surface area contributed by atoms with Gasteiger partial charge in [0.05, 0.1) is 22.5 Å². The molecule has 8 heteroatoms. The molecular weight excluding hydrogens is 362 g/mol. The highest BCUT2D eigenvalue weighted by Gasteiger charge is 2.24. The van der Waals surface area contributed by atoms with Crippen molar-refractivity contribution in [3.05, 3.63) is 58.2 Å². The van der Waals surface area contributed by atoms with Crippen molar-refractivity contribution in [3.63, 3.8) is 0 Å².